The molecule has 1 aliphatic rings. The van der Waals surface area contributed by atoms with Crippen molar-refractivity contribution in [1.29, 1.82) is 0 Å². The Balaban J connectivity index is 1.61. The van der Waals surface area contributed by atoms with Crippen molar-refractivity contribution in [2.24, 2.45) is 0 Å². The summed E-state index contributed by atoms with van der Waals surface area (Å²) < 4.78 is 43.7. The molecule has 4 rings (SSSR count). The van der Waals surface area contributed by atoms with Gasteiger partial charge in [-0.25, -0.2) is 4.98 Å². The summed E-state index contributed by atoms with van der Waals surface area (Å²) in [5, 5.41) is 3.57. The summed E-state index contributed by atoms with van der Waals surface area (Å²) >= 11 is 1.46. The molecule has 1 heterocycles. The van der Waals surface area contributed by atoms with Gasteiger partial charge in [0.15, 0.2) is 5.13 Å². The molecule has 3 nitrogen and oxygen atoms in total. The van der Waals surface area contributed by atoms with Gasteiger partial charge in [-0.1, -0.05) is 6.07 Å². The molecule has 0 saturated heterocycles. The Morgan fingerprint density at radius 2 is 2.00 bits per heavy atom. The van der Waals surface area contributed by atoms with Gasteiger partial charge in [-0.05, 0) is 42.0 Å². The van der Waals surface area contributed by atoms with Crippen molar-refractivity contribution in [1.82, 2.24) is 4.98 Å². The molecule has 0 radical (unpaired) electrons. The number of anilines is 2. The quantitative estimate of drug-likeness (QED) is 0.524. The maximum Gasteiger partial charge on any atom is 0.416 e. The predicted molar refractivity (Wildman–Crippen MR) is 91.6 cm³/mol. The van der Waals surface area contributed by atoms with E-state index in [1.165, 1.54) is 17.4 Å². The van der Waals surface area contributed by atoms with Crippen LogP contribution in [0.4, 0.5) is 24.0 Å². The zero-order chi connectivity index (χ0) is 17.6. The third kappa shape index (κ3) is 2.95. The van der Waals surface area contributed by atoms with Crippen LogP contribution in [-0.4, -0.2) is 12.1 Å². The third-order valence-corrected chi connectivity index (χ3v) is 5.03. The largest absolute Gasteiger partial charge is 0.497 e. The van der Waals surface area contributed by atoms with Crippen molar-refractivity contribution in [2.75, 3.05) is 12.4 Å². The Kier molecular flexibility index (Phi) is 3.68. The first-order chi connectivity index (χ1) is 11.9. The SMILES string of the molecule is COc1ccc2c(c1)Cc1sc(Nc3cccc(C(F)(F)F)c3)nc1-2. The lowest BCUT2D eigenvalue weighted by Gasteiger charge is -2.09. The van der Waals surface area contributed by atoms with Gasteiger partial charge in [0.25, 0.3) is 0 Å². The number of alkyl halides is 3. The van der Waals surface area contributed by atoms with Crippen LogP contribution in [0.3, 0.4) is 0 Å². The van der Waals surface area contributed by atoms with Gasteiger partial charge in [0, 0.05) is 22.5 Å². The van der Waals surface area contributed by atoms with E-state index in [0.717, 1.165) is 46.0 Å². The van der Waals surface area contributed by atoms with Crippen molar-refractivity contribution < 1.29 is 17.9 Å². The van der Waals surface area contributed by atoms with Crippen LogP contribution in [0, 0.1) is 0 Å². The van der Waals surface area contributed by atoms with Crippen molar-refractivity contribution in [3.05, 3.63) is 58.5 Å². The van der Waals surface area contributed by atoms with E-state index in [1.807, 2.05) is 18.2 Å². The van der Waals surface area contributed by atoms with Crippen molar-refractivity contribution in [2.45, 2.75) is 12.6 Å². The van der Waals surface area contributed by atoms with E-state index in [0.29, 0.717) is 10.8 Å². The number of nitrogens with one attached hydrogen (secondary N) is 1. The van der Waals surface area contributed by atoms with Gasteiger partial charge in [-0.15, -0.1) is 11.3 Å². The second-order valence-corrected chi connectivity index (χ2v) is 6.78. The monoisotopic (exact) mass is 362 g/mol. The van der Waals surface area contributed by atoms with Gasteiger partial charge in [-0.3, -0.25) is 0 Å². The fraction of sp³-hybridized carbons (Fsp3) is 0.167. The van der Waals surface area contributed by atoms with Crippen LogP contribution in [-0.2, 0) is 12.6 Å². The Bertz CT molecular complexity index is 950. The molecule has 0 bridgehead atoms. The lowest BCUT2D eigenvalue weighted by molar-refractivity contribution is -0.137. The molecule has 0 aliphatic heterocycles. The van der Waals surface area contributed by atoms with Crippen molar-refractivity contribution >= 4 is 22.2 Å². The molecule has 0 atom stereocenters. The molecular weight excluding hydrogens is 349 g/mol. The number of fused-ring (bicyclic) bond motifs is 3. The van der Waals surface area contributed by atoms with Gasteiger partial charge < -0.3 is 10.1 Å². The fourth-order valence-corrected chi connectivity index (χ4v) is 3.90. The highest BCUT2D eigenvalue weighted by atomic mass is 32.1. The minimum Gasteiger partial charge on any atom is -0.497 e. The van der Waals surface area contributed by atoms with E-state index >= 15 is 0 Å². The number of ether oxygens (including phenoxy) is 1. The van der Waals surface area contributed by atoms with Crippen molar-refractivity contribution in [3.63, 3.8) is 0 Å². The Hall–Kier alpha value is -2.54. The molecule has 0 spiro atoms. The predicted octanol–water partition coefficient (Wildman–Crippen LogP) is 5.49. The van der Waals surface area contributed by atoms with Crippen LogP contribution in [0.15, 0.2) is 42.5 Å². The number of hydrogen-bond acceptors (Lipinski definition) is 4. The molecule has 0 unspecified atom stereocenters. The Labute approximate surface area is 146 Å². The summed E-state index contributed by atoms with van der Waals surface area (Å²) in [5.74, 6) is 0.802. The molecule has 0 fully saturated rings. The van der Waals surface area contributed by atoms with Crippen LogP contribution < -0.4 is 10.1 Å². The van der Waals surface area contributed by atoms with Gasteiger partial charge in [0.05, 0.1) is 18.4 Å². The number of hydrogen-bond donors (Lipinski definition) is 1. The molecule has 7 heteroatoms. The average molecular weight is 362 g/mol. The molecule has 2 aromatic carbocycles. The second-order valence-electron chi connectivity index (χ2n) is 5.69. The molecule has 25 heavy (non-hydrogen) atoms. The number of benzene rings is 2. The zero-order valence-corrected chi connectivity index (χ0v) is 14.0. The molecule has 3 aromatic rings. The molecule has 1 N–H and O–H groups in total. The number of nitrogens with zero attached hydrogens (tertiary/aromatic N) is 1. The number of halogens is 3. The van der Waals surface area contributed by atoms with Gasteiger partial charge in [-0.2, -0.15) is 13.2 Å². The molecule has 0 saturated carbocycles. The Morgan fingerprint density at radius 3 is 2.76 bits per heavy atom. The summed E-state index contributed by atoms with van der Waals surface area (Å²) in [6, 6.07) is 11.0. The van der Waals surface area contributed by atoms with Crippen LogP contribution in [0.2, 0.25) is 0 Å². The first kappa shape index (κ1) is 16.0. The number of aromatic nitrogens is 1. The normalized spacial score (nSPS) is 12.6. The van der Waals surface area contributed by atoms with E-state index in [9.17, 15) is 13.2 Å². The van der Waals surface area contributed by atoms with Crippen LogP contribution in [0.1, 0.15) is 16.0 Å². The topological polar surface area (TPSA) is 34.1 Å². The third-order valence-electron chi connectivity index (χ3n) is 4.06. The summed E-state index contributed by atoms with van der Waals surface area (Å²) in [4.78, 5) is 5.66. The van der Waals surface area contributed by atoms with Crippen LogP contribution >= 0.6 is 11.3 Å². The van der Waals surface area contributed by atoms with E-state index in [1.54, 1.807) is 13.2 Å². The van der Waals surface area contributed by atoms with E-state index in [-0.39, 0.29) is 0 Å². The summed E-state index contributed by atoms with van der Waals surface area (Å²) in [6.45, 7) is 0. The number of thiazole rings is 1. The summed E-state index contributed by atoms with van der Waals surface area (Å²) in [7, 11) is 1.63. The highest BCUT2D eigenvalue weighted by molar-refractivity contribution is 7.16. The van der Waals surface area contributed by atoms with Gasteiger partial charge >= 0.3 is 6.18 Å². The van der Waals surface area contributed by atoms with E-state index in [4.69, 9.17) is 4.74 Å². The molecule has 0 amide bonds. The highest BCUT2D eigenvalue weighted by Crippen LogP contribution is 2.43. The number of methoxy groups -OCH3 is 1. The lowest BCUT2D eigenvalue weighted by Crippen LogP contribution is -2.05. The lowest BCUT2D eigenvalue weighted by atomic mass is 10.1. The summed E-state index contributed by atoms with van der Waals surface area (Å²) in [6.07, 6.45) is -3.61. The minimum atomic E-state index is -4.36. The number of rotatable bonds is 3. The van der Waals surface area contributed by atoms with E-state index < -0.39 is 11.7 Å². The fourth-order valence-electron chi connectivity index (χ4n) is 2.88. The standard InChI is InChI=1S/C18H13F3N2OS/c1-24-13-5-6-14-10(7-13)8-15-16(14)23-17(25-15)22-12-4-2-3-11(9-12)18(19,20)21/h2-7,9H,8H2,1H3,(H,22,23). The smallest absolute Gasteiger partial charge is 0.416 e. The van der Waals surface area contributed by atoms with Crippen LogP contribution in [0.5, 0.6) is 5.75 Å². The molecule has 1 aliphatic carbocycles. The second kappa shape index (κ2) is 5.77. The van der Waals surface area contributed by atoms with E-state index in [2.05, 4.69) is 10.3 Å². The van der Waals surface area contributed by atoms with Crippen molar-refractivity contribution in [3.8, 4) is 17.0 Å². The Morgan fingerprint density at radius 1 is 1.16 bits per heavy atom. The zero-order valence-electron chi connectivity index (χ0n) is 13.1. The van der Waals surface area contributed by atoms with Gasteiger partial charge in [0.1, 0.15) is 5.75 Å². The first-order valence-electron chi connectivity index (χ1n) is 7.55. The molecular formula is C18H13F3N2OS. The van der Waals surface area contributed by atoms with Crippen LogP contribution in [0.25, 0.3) is 11.3 Å². The van der Waals surface area contributed by atoms with Gasteiger partial charge in [0.2, 0.25) is 0 Å². The molecule has 128 valence electrons. The highest BCUT2D eigenvalue weighted by Gasteiger charge is 2.30. The average Bonchev–Trinajstić information content (AvgIpc) is 3.10. The minimum absolute atomic E-state index is 0.372. The molecule has 1 aromatic heterocycles. The maximum atomic E-state index is 12.8. The summed E-state index contributed by atoms with van der Waals surface area (Å²) in [5.41, 5.74) is 2.77. The first-order valence-corrected chi connectivity index (χ1v) is 8.37. The maximum absolute atomic E-state index is 12.8.